The minimum Gasteiger partial charge on any atom is -0.468 e. The van der Waals surface area contributed by atoms with Crippen molar-refractivity contribution in [3.8, 4) is 0 Å². The zero-order valence-electron chi connectivity index (χ0n) is 27.3. The molecule has 0 aromatic carbocycles. The highest BCUT2D eigenvalue weighted by molar-refractivity contribution is 5.80. The summed E-state index contributed by atoms with van der Waals surface area (Å²) in [5.41, 5.74) is 0.417. The Hall–Kier alpha value is -1.85. The second-order valence-electron chi connectivity index (χ2n) is 16.5. The third kappa shape index (κ3) is 4.18. The van der Waals surface area contributed by atoms with Crippen LogP contribution in [0.1, 0.15) is 120 Å². The van der Waals surface area contributed by atoms with Gasteiger partial charge in [-0.2, -0.15) is 0 Å². The van der Waals surface area contributed by atoms with Crippen LogP contribution in [0.5, 0.6) is 0 Å². The minimum absolute atomic E-state index is 0.0127. The molecular weight excluding hydrogens is 516 g/mol. The van der Waals surface area contributed by atoms with Gasteiger partial charge in [0, 0.05) is 25.2 Å². The molecule has 0 aromatic heterocycles. The Morgan fingerprint density at radius 1 is 0.780 bits per heavy atom. The Bertz CT molecular complexity index is 1150. The summed E-state index contributed by atoms with van der Waals surface area (Å²) in [7, 11) is 1.48. The standard InChI is InChI=1S/C35H54O6/c1-21(36)40-27-14-15-32(7)25(31(27,5)6)13-16-33(8)26(32)12-11-23-24-19-30(3,4)17-18-35(24,29(38)39-10)28(41-22(2)37)20-34(23,33)9/h11,24-28H,12-20H2,1-10H3/t24-,25-,26+,27-,28+,32-,33+,34+,35+/m0/s1. The molecule has 6 heteroatoms. The number of hydrogen-bond acceptors (Lipinski definition) is 6. The molecule has 4 fully saturated rings. The lowest BCUT2D eigenvalue weighted by Crippen LogP contribution is -2.68. The molecule has 0 unspecified atom stereocenters. The van der Waals surface area contributed by atoms with Crippen molar-refractivity contribution in [1.82, 2.24) is 0 Å². The Labute approximate surface area is 247 Å². The molecular formula is C35H54O6. The number of rotatable bonds is 3. The van der Waals surface area contributed by atoms with Gasteiger partial charge < -0.3 is 14.2 Å². The van der Waals surface area contributed by atoms with Gasteiger partial charge in [-0.15, -0.1) is 0 Å². The van der Waals surface area contributed by atoms with E-state index in [-0.39, 0.29) is 57.0 Å². The van der Waals surface area contributed by atoms with Crippen molar-refractivity contribution in [2.75, 3.05) is 7.11 Å². The largest absolute Gasteiger partial charge is 0.468 e. The van der Waals surface area contributed by atoms with Crippen molar-refractivity contribution in [3.05, 3.63) is 11.6 Å². The summed E-state index contributed by atoms with van der Waals surface area (Å²) in [4.78, 5) is 38.4. The van der Waals surface area contributed by atoms with Crippen molar-refractivity contribution >= 4 is 17.9 Å². The van der Waals surface area contributed by atoms with E-state index >= 15 is 0 Å². The molecule has 0 amide bonds. The molecule has 0 heterocycles. The van der Waals surface area contributed by atoms with Crippen molar-refractivity contribution in [1.29, 1.82) is 0 Å². The van der Waals surface area contributed by atoms with Gasteiger partial charge in [-0.05, 0) is 91.3 Å². The molecule has 0 aromatic rings. The number of ether oxygens (including phenoxy) is 3. The predicted molar refractivity (Wildman–Crippen MR) is 158 cm³/mol. The third-order valence-electron chi connectivity index (χ3n) is 13.8. The molecule has 6 nitrogen and oxygen atoms in total. The Morgan fingerprint density at radius 2 is 1.41 bits per heavy atom. The normalized spacial score (nSPS) is 45.9. The maximum atomic E-state index is 13.8. The summed E-state index contributed by atoms with van der Waals surface area (Å²) in [5, 5.41) is 0. The van der Waals surface area contributed by atoms with Crippen LogP contribution in [0.15, 0.2) is 11.6 Å². The lowest BCUT2D eigenvalue weighted by Gasteiger charge is -2.71. The van der Waals surface area contributed by atoms with Crippen molar-refractivity contribution < 1.29 is 28.6 Å². The molecule has 9 atom stereocenters. The van der Waals surface area contributed by atoms with Gasteiger partial charge >= 0.3 is 17.9 Å². The zero-order valence-corrected chi connectivity index (χ0v) is 27.3. The molecule has 0 N–H and O–H groups in total. The molecule has 5 aliphatic rings. The first-order chi connectivity index (χ1) is 18.9. The fraction of sp³-hybridized carbons (Fsp3) is 0.857. The van der Waals surface area contributed by atoms with E-state index in [4.69, 9.17) is 14.2 Å². The lowest BCUT2D eigenvalue weighted by atomic mass is 9.33. The van der Waals surface area contributed by atoms with E-state index in [1.165, 1.54) is 26.5 Å². The first kappa shape index (κ1) is 30.6. The summed E-state index contributed by atoms with van der Waals surface area (Å²) in [6.45, 7) is 19.7. The average molecular weight is 571 g/mol. The Morgan fingerprint density at radius 3 is 2.02 bits per heavy atom. The summed E-state index contributed by atoms with van der Waals surface area (Å²) in [6.07, 6.45) is 10.1. The van der Waals surface area contributed by atoms with Crippen LogP contribution in [0.2, 0.25) is 0 Å². The van der Waals surface area contributed by atoms with Gasteiger partial charge in [0.05, 0.1) is 7.11 Å². The van der Waals surface area contributed by atoms with E-state index in [0.29, 0.717) is 24.7 Å². The maximum absolute atomic E-state index is 13.8. The molecule has 230 valence electrons. The number of carbonyl (C=O) groups excluding carboxylic acids is 3. The van der Waals surface area contributed by atoms with Crippen LogP contribution in [-0.2, 0) is 28.6 Å². The minimum atomic E-state index is -0.838. The molecule has 0 aliphatic heterocycles. The van der Waals surface area contributed by atoms with Crippen LogP contribution in [0.25, 0.3) is 0 Å². The second kappa shape index (κ2) is 9.58. The molecule has 0 bridgehead atoms. The van der Waals surface area contributed by atoms with Gasteiger partial charge in [-0.25, -0.2) is 0 Å². The van der Waals surface area contributed by atoms with Crippen LogP contribution in [0, 0.1) is 50.2 Å². The number of fused-ring (bicyclic) bond motifs is 7. The van der Waals surface area contributed by atoms with Crippen LogP contribution < -0.4 is 0 Å². The molecule has 0 radical (unpaired) electrons. The van der Waals surface area contributed by atoms with Gasteiger partial charge in [0.2, 0.25) is 0 Å². The highest BCUT2D eigenvalue weighted by Crippen LogP contribution is 2.76. The quantitative estimate of drug-likeness (QED) is 0.199. The molecule has 41 heavy (non-hydrogen) atoms. The van der Waals surface area contributed by atoms with Crippen molar-refractivity contribution in [2.24, 2.45) is 50.2 Å². The highest BCUT2D eigenvalue weighted by Gasteiger charge is 2.72. The van der Waals surface area contributed by atoms with Gasteiger partial charge in [0.1, 0.15) is 17.6 Å². The number of methoxy groups -OCH3 is 1. The summed E-state index contributed by atoms with van der Waals surface area (Å²) in [6, 6.07) is 0. The molecule has 5 aliphatic carbocycles. The maximum Gasteiger partial charge on any atom is 0.316 e. The van der Waals surface area contributed by atoms with E-state index in [2.05, 4.69) is 54.5 Å². The fourth-order valence-corrected chi connectivity index (χ4v) is 11.6. The van der Waals surface area contributed by atoms with Crippen LogP contribution in [-0.4, -0.2) is 37.2 Å². The van der Waals surface area contributed by atoms with Crippen molar-refractivity contribution in [2.45, 2.75) is 132 Å². The first-order valence-electron chi connectivity index (χ1n) is 16.0. The van der Waals surface area contributed by atoms with Crippen LogP contribution in [0.4, 0.5) is 0 Å². The Balaban J connectivity index is 1.62. The van der Waals surface area contributed by atoms with Gasteiger partial charge in [-0.3, -0.25) is 14.4 Å². The second-order valence-corrected chi connectivity index (χ2v) is 16.5. The fourth-order valence-electron chi connectivity index (χ4n) is 11.6. The van der Waals surface area contributed by atoms with Gasteiger partial charge in [0.15, 0.2) is 0 Å². The molecule has 0 saturated heterocycles. The highest BCUT2D eigenvalue weighted by atomic mass is 16.6. The van der Waals surface area contributed by atoms with E-state index in [9.17, 15) is 14.4 Å². The van der Waals surface area contributed by atoms with E-state index in [0.717, 1.165) is 44.9 Å². The number of carbonyl (C=O) groups is 3. The van der Waals surface area contributed by atoms with Gasteiger partial charge in [-0.1, -0.05) is 60.1 Å². The summed E-state index contributed by atoms with van der Waals surface area (Å²) < 4.78 is 17.6. The summed E-state index contributed by atoms with van der Waals surface area (Å²) in [5.74, 6) is 0.146. The lowest BCUT2D eigenvalue weighted by molar-refractivity contribution is -0.227. The van der Waals surface area contributed by atoms with Crippen LogP contribution in [0.3, 0.4) is 0 Å². The summed E-state index contributed by atoms with van der Waals surface area (Å²) >= 11 is 0. The van der Waals surface area contributed by atoms with E-state index in [1.54, 1.807) is 0 Å². The molecule has 5 rings (SSSR count). The third-order valence-corrected chi connectivity index (χ3v) is 13.8. The zero-order chi connectivity index (χ0) is 30.4. The SMILES string of the molecule is COC(=O)[C@]12CCC(C)(C)C[C@H]1C1=CC[C@@H]3[C@@]4(C)CC[C@H](OC(C)=O)C(C)(C)[C@@H]4CC[C@@]3(C)[C@]1(C)C[C@H]2OC(C)=O. The number of hydrogen-bond donors (Lipinski definition) is 0. The molecule has 0 spiro atoms. The van der Waals surface area contributed by atoms with E-state index < -0.39 is 11.5 Å². The smallest absolute Gasteiger partial charge is 0.316 e. The topological polar surface area (TPSA) is 78.9 Å². The van der Waals surface area contributed by atoms with Gasteiger partial charge in [0.25, 0.3) is 0 Å². The van der Waals surface area contributed by atoms with Crippen molar-refractivity contribution in [3.63, 3.8) is 0 Å². The molecule has 4 saturated carbocycles. The van der Waals surface area contributed by atoms with Crippen LogP contribution >= 0.6 is 0 Å². The average Bonchev–Trinajstić information content (AvgIpc) is 2.85. The predicted octanol–water partition coefficient (Wildman–Crippen LogP) is 7.43. The monoisotopic (exact) mass is 570 g/mol. The number of allylic oxidation sites excluding steroid dienone is 2. The number of esters is 3. The Kier molecular flexibility index (Phi) is 7.15. The first-order valence-corrected chi connectivity index (χ1v) is 16.0. The van der Waals surface area contributed by atoms with E-state index in [1.807, 2.05) is 0 Å².